The van der Waals surface area contributed by atoms with Gasteiger partial charge >= 0.3 is 0 Å². The highest BCUT2D eigenvalue weighted by Crippen LogP contribution is 2.31. The standard InChI is InChI=1S/C14H19N3O.B97/c1-16-4-6-17(7-5-16)14(18)11-2-3-12-9-15-10-13(12)8-11;1-50-75(51(2)3)87(74(48)49)93(86(72(44)45)73(46)47)96(92(84(68(36)37)69(38)39)85(70(40)41)71(42)43)97(94(88(76(52(4)5)53(6)7)77(54(8)9)55(10)11)89(78(56(12)13)57(14)15)79(58(16)17)59(18)19)95(90(80(60(20)21)61(22)23)81(62(24)25)63(26)27)91(82(64(28)29)65(30)31)83(66(32)33)67(34)35/h2-3,8,15H,4-7,9-10H2,1H3;. The average molecular weight is 1290 g/mol. The van der Waals surface area contributed by atoms with Crippen molar-refractivity contribution < 1.29 is 4.79 Å². The van der Waals surface area contributed by atoms with Crippen molar-refractivity contribution in [3.05, 3.63) is 34.9 Å². The Bertz CT molecular complexity index is 2440. The number of nitrogens with one attached hydrogen (secondary N) is 1. The highest BCUT2D eigenvalue weighted by molar-refractivity contribution is 8.44. The van der Waals surface area contributed by atoms with Crippen LogP contribution in [0.5, 0.6) is 0 Å². The Kier molecular flexibility index (Phi) is 54.5. The van der Waals surface area contributed by atoms with Crippen molar-refractivity contribution in [3.8, 4) is 0 Å². The van der Waals surface area contributed by atoms with Gasteiger partial charge in [0, 0.05) is 731 Å². The van der Waals surface area contributed by atoms with Crippen LogP contribution >= 0.6 is 0 Å². The van der Waals surface area contributed by atoms with Crippen LogP contribution in [0.15, 0.2) is 18.2 Å². The molecule has 2 aliphatic heterocycles. The van der Waals surface area contributed by atoms with Gasteiger partial charge < -0.3 is 15.1 Å². The molecule has 1 N–H and O–H groups in total. The second kappa shape index (κ2) is 54.0. The number of benzene rings is 1. The van der Waals surface area contributed by atoms with Crippen LogP contribution in [0.1, 0.15) is 21.5 Å². The molecule has 115 heavy (non-hydrogen) atoms. The van der Waals surface area contributed by atoms with Crippen molar-refractivity contribution in [2.75, 3.05) is 33.2 Å². The lowest BCUT2D eigenvalue weighted by atomic mass is 8.18. The highest BCUT2D eigenvalue weighted by Gasteiger charge is 2.68. The smallest absolute Gasteiger partial charge is 0.253 e. The summed E-state index contributed by atoms with van der Waals surface area (Å²) >= 11 is 0. The molecule has 1 saturated heterocycles. The van der Waals surface area contributed by atoms with Gasteiger partial charge in [0.15, 0.2) is 0 Å². The average Bonchev–Trinajstić information content (AvgIpc) is 1.60. The molecular formula is C14H19B97N3O. The van der Waals surface area contributed by atoms with Crippen molar-refractivity contribution >= 4 is 692 Å². The van der Waals surface area contributed by atoms with Crippen LogP contribution in [0.4, 0.5) is 0 Å². The maximum absolute atomic E-state index is 12.4. The zero-order valence-corrected chi connectivity index (χ0v) is 66.8. The van der Waals surface area contributed by atoms with E-state index in [2.05, 4.69) is 29.4 Å². The lowest BCUT2D eigenvalue weighted by molar-refractivity contribution is 0.0664. The topological polar surface area (TPSA) is 35.6 Å². The number of amides is 1. The number of carbonyl (C=O) groups excluding carboxylic acids is 1. The second-order valence-corrected chi connectivity index (χ2v) is 32.5. The van der Waals surface area contributed by atoms with Crippen molar-refractivity contribution in [3.63, 3.8) is 0 Å². The van der Waals surface area contributed by atoms with E-state index < -0.39 is 300 Å². The summed E-state index contributed by atoms with van der Waals surface area (Å²) in [6.45, 7) is 5.43. The van der Waals surface area contributed by atoms with Crippen molar-refractivity contribution in [2.24, 2.45) is 0 Å². The molecule has 0 unspecified atom stereocenters. The summed E-state index contributed by atoms with van der Waals surface area (Å²) in [6.07, 6.45) is -87.3. The van der Waals surface area contributed by atoms with E-state index in [-0.39, 0.29) is 5.91 Å². The van der Waals surface area contributed by atoms with Gasteiger partial charge in [-0.2, -0.15) is 0 Å². The summed E-state index contributed by atoms with van der Waals surface area (Å²) in [5, 5.41) is 3.31. The van der Waals surface area contributed by atoms with Gasteiger partial charge in [0.25, 0.3) is 5.91 Å². The molecule has 0 saturated carbocycles. The fraction of sp³-hybridized carbons (Fsp3) is 0.500. The molecule has 387 valence electrons. The van der Waals surface area contributed by atoms with Crippen LogP contribution in [0.2, 0.25) is 0 Å². The largest absolute Gasteiger partial charge is 0.336 e. The minimum atomic E-state index is -2.26. The first-order chi connectivity index (χ1) is 52.9. The van der Waals surface area contributed by atoms with E-state index in [1.807, 2.05) is 11.0 Å². The monoisotopic (exact) mass is 1310 g/mol. The molecule has 4 nitrogen and oxygen atoms in total. The lowest BCUT2D eigenvalue weighted by Gasteiger charge is -2.63. The number of hydrogen-bond donors (Lipinski definition) is 1. The normalized spacial score (nSPS) is 11.4. The quantitative estimate of drug-likeness (QED) is 0.0661. The van der Waals surface area contributed by atoms with Gasteiger partial charge in [0.2, 0.25) is 0 Å². The number of nitrogens with zero attached hydrogens (tertiary/aromatic N) is 2. The molecule has 1 aromatic carbocycles. The third-order valence-corrected chi connectivity index (χ3v) is 24.5. The summed E-state index contributed by atoms with van der Waals surface area (Å²) in [5.74, 6) is 0.179. The maximum Gasteiger partial charge on any atom is 0.253 e. The third-order valence-electron chi connectivity index (χ3n) is 24.5. The fourth-order valence-electron chi connectivity index (χ4n) is 20.1. The Labute approximate surface area is 785 Å². The fourth-order valence-corrected chi connectivity index (χ4v) is 20.1. The minimum absolute atomic E-state index is 0.179. The second-order valence-electron chi connectivity index (χ2n) is 32.5. The lowest BCUT2D eigenvalue weighted by Crippen LogP contribution is -3.01. The minimum Gasteiger partial charge on any atom is -0.336 e. The van der Waals surface area contributed by atoms with E-state index >= 15 is 0 Å². The summed E-state index contributed by atoms with van der Waals surface area (Å²) < 4.78 is 0. The SMILES string of the molecule is CN1CCN(C(=O)c2ccc3c(c2)CNC3)CC1.[B][B]B(B([B])[B])B(B([B])[B])B(B(B([B])[B])B([B])[B])B(B(B(B([B])[B])B([B])[B])B(B([B])[B])B([B])[B])B(B(B(B(B([B])[B])B([B])[B])B(B([B])[B])B([B])[B])B(B(B([B])[B])B([B])[B])B(B([B])[B])B([B])[B])B(B(B(B([B])[B])B([B])[B])B(B([B])[B])B([B])[B])B(B(B([B])[B])B([B])[B])B(B([B])[B])B([B])[B]. The Morgan fingerprint density at radius 2 is 0.426 bits per heavy atom. The Hall–Kier alpha value is 4.91. The van der Waals surface area contributed by atoms with E-state index in [9.17, 15) is 4.79 Å². The van der Waals surface area contributed by atoms with Gasteiger partial charge in [-0.25, -0.2) is 0 Å². The predicted octanol–water partition coefficient (Wildman–Crippen LogP) is -36.3. The van der Waals surface area contributed by atoms with Gasteiger partial charge in [-0.3, -0.25) is 4.79 Å². The molecule has 1 amide bonds. The zero-order chi connectivity index (χ0) is 89.4. The molecule has 1 fully saturated rings. The maximum atomic E-state index is 12.4. The Morgan fingerprint density at radius 3 is 0.600 bits per heavy atom. The molecule has 99 radical (unpaired) electrons. The first-order valence-electron chi connectivity index (χ1n) is 38.5. The third kappa shape index (κ3) is 31.3. The number of piperazine rings is 1. The van der Waals surface area contributed by atoms with E-state index in [0.29, 0.717) is 0 Å². The van der Waals surface area contributed by atoms with Gasteiger partial charge in [0.1, 0.15) is 0 Å². The molecule has 0 spiro atoms. The van der Waals surface area contributed by atoms with Gasteiger partial charge in [-0.1, -0.05) is 6.07 Å². The summed E-state index contributed by atoms with van der Waals surface area (Å²) in [4.78, 5) is 16.6. The van der Waals surface area contributed by atoms with Crippen LogP contribution in [0.3, 0.4) is 0 Å². The molecule has 3 rings (SSSR count). The Balaban J connectivity index is 0.00000214. The number of likely N-dealkylation sites (N-methyl/N-ethyl adjacent to an activating group) is 1. The van der Waals surface area contributed by atoms with Gasteiger partial charge in [-0.15, -0.1) is 0 Å². The number of carbonyl (C=O) groups is 1. The molecule has 0 bridgehead atoms. The van der Waals surface area contributed by atoms with Crippen LogP contribution in [-0.2, 0) is 13.1 Å². The van der Waals surface area contributed by atoms with Crippen LogP contribution in [0, 0.1) is 0 Å². The molecule has 0 atom stereocenters. The van der Waals surface area contributed by atoms with Gasteiger partial charge in [-0.05, 0) is 30.3 Å². The van der Waals surface area contributed by atoms with Crippen molar-refractivity contribution in [2.45, 2.75) is 13.1 Å². The van der Waals surface area contributed by atoms with E-state index in [0.717, 1.165) is 51.9 Å². The molecule has 0 aliphatic carbocycles. The van der Waals surface area contributed by atoms with E-state index in [1.54, 1.807) is 0 Å². The summed E-state index contributed by atoms with van der Waals surface area (Å²) in [5.41, 5.74) is 3.43. The Morgan fingerprint density at radius 1 is 0.252 bits per heavy atom. The molecule has 0 aromatic heterocycles. The first-order valence-corrected chi connectivity index (χ1v) is 38.5. The molecule has 101 heteroatoms. The first kappa shape index (κ1) is 116. The molecule has 2 aliphatic rings. The number of rotatable bonds is 48. The summed E-state index contributed by atoms with van der Waals surface area (Å²) in [7, 11) is 350. The van der Waals surface area contributed by atoms with Gasteiger partial charge in [0.05, 0.1) is 0 Å². The number of fused-ring (bicyclic) bond motifs is 1. The highest BCUT2D eigenvalue weighted by atomic mass is 16.2. The van der Waals surface area contributed by atoms with Crippen LogP contribution in [0.25, 0.3) is 0 Å². The van der Waals surface area contributed by atoms with Crippen LogP contribution in [-0.4, -0.2) is 735 Å². The summed E-state index contributed by atoms with van der Waals surface area (Å²) in [6, 6.07) is 6.10. The van der Waals surface area contributed by atoms with Crippen molar-refractivity contribution in [1.29, 1.82) is 0 Å². The van der Waals surface area contributed by atoms with E-state index in [1.165, 1.54) is 11.1 Å². The van der Waals surface area contributed by atoms with E-state index in [4.69, 9.17) is 379 Å². The zero-order valence-electron chi connectivity index (χ0n) is 66.8. The molecule has 1 aromatic rings. The van der Waals surface area contributed by atoms with Crippen molar-refractivity contribution in [1.82, 2.24) is 15.1 Å². The molecular weight excluding hydrogens is 1270 g/mol. The molecule has 2 heterocycles. The van der Waals surface area contributed by atoms with Crippen LogP contribution < -0.4 is 5.32 Å². The number of hydrogen-bond acceptors (Lipinski definition) is 3. The predicted molar refractivity (Wildman–Crippen MR) is 629 cm³/mol.